The molecule has 0 amide bonds. The van der Waals surface area contributed by atoms with Crippen LogP contribution in [0.2, 0.25) is 0 Å². The topological polar surface area (TPSA) is 213 Å². The van der Waals surface area contributed by atoms with Crippen LogP contribution < -0.4 is 9.88 Å². The van der Waals surface area contributed by atoms with Gasteiger partial charge < -0.3 is 25.9 Å². The summed E-state index contributed by atoms with van der Waals surface area (Å²) in [7, 11) is -4.17. The predicted octanol–water partition coefficient (Wildman–Crippen LogP) is 3.17. The van der Waals surface area contributed by atoms with Gasteiger partial charge in [0.1, 0.15) is 23.9 Å². The van der Waals surface area contributed by atoms with Gasteiger partial charge in [0.05, 0.1) is 0 Å². The number of carbonyl (C=O) groups excluding carboxylic acids is 1. The number of piperidine rings is 1. The number of fused-ring (bicyclic) bond motifs is 1. The molecule has 0 atom stereocenters. The zero-order valence-corrected chi connectivity index (χ0v) is 23.7. The Kier molecular flexibility index (Phi) is 12.2. The van der Waals surface area contributed by atoms with Gasteiger partial charge in [0.25, 0.3) is 0 Å². The first kappa shape index (κ1) is 33.6. The van der Waals surface area contributed by atoms with Crippen LogP contribution in [0.4, 0.5) is 0 Å². The van der Waals surface area contributed by atoms with E-state index in [0.29, 0.717) is 17.7 Å². The van der Waals surface area contributed by atoms with Crippen molar-refractivity contribution in [3.05, 3.63) is 77.9 Å². The van der Waals surface area contributed by atoms with E-state index in [1.54, 1.807) is 42.5 Å². The molecule has 3 aromatic carbocycles. The van der Waals surface area contributed by atoms with Crippen LogP contribution in [0.25, 0.3) is 20.5 Å². The molecule has 1 aromatic heterocycles. The van der Waals surface area contributed by atoms with Crippen LogP contribution in [0.15, 0.2) is 66.7 Å². The second-order valence-corrected chi connectivity index (χ2v) is 11.2. The fourth-order valence-corrected chi connectivity index (χ4v) is 5.69. The molecule has 1 fully saturated rings. The van der Waals surface area contributed by atoms with Gasteiger partial charge in [-0.1, -0.05) is 6.42 Å². The van der Waals surface area contributed by atoms with Gasteiger partial charge in [0.15, 0.2) is 5.78 Å². The first-order valence-electron chi connectivity index (χ1n) is 12.4. The highest BCUT2D eigenvalue weighted by atomic mass is 32.2. The second kappa shape index (κ2) is 14.9. The minimum atomic E-state index is -4.17. The molecule has 9 N–H and O–H groups in total. The van der Waals surface area contributed by atoms with Crippen LogP contribution in [0.1, 0.15) is 35.2 Å². The average Bonchev–Trinajstić information content (AvgIpc) is 3.27. The summed E-state index contributed by atoms with van der Waals surface area (Å²) < 4.78 is 32.0. The molecule has 11 nitrogen and oxygen atoms in total. The maximum absolute atomic E-state index is 13.6. The monoisotopic (exact) mass is 606 g/mol. The molecule has 0 spiro atoms. The van der Waals surface area contributed by atoms with E-state index in [1.807, 2.05) is 24.3 Å². The summed E-state index contributed by atoms with van der Waals surface area (Å²) >= 11 is 1.46. The minimum Gasteiger partial charge on any atom is -0.508 e. The highest BCUT2D eigenvalue weighted by Gasteiger charge is 2.22. The summed E-state index contributed by atoms with van der Waals surface area (Å²) in [4.78, 5) is 16.9. The third-order valence-electron chi connectivity index (χ3n) is 6.27. The van der Waals surface area contributed by atoms with Crippen LogP contribution in [0.3, 0.4) is 0 Å². The molecule has 0 unspecified atom stereocenters. The van der Waals surface area contributed by atoms with Crippen molar-refractivity contribution in [1.82, 2.24) is 4.90 Å². The first-order chi connectivity index (χ1) is 18.6. The number of thiophene rings is 1. The smallest absolute Gasteiger partial charge is 0.330 e. The van der Waals surface area contributed by atoms with Crippen LogP contribution in [0.5, 0.6) is 17.2 Å². The molecule has 0 radical (unpaired) electrons. The molecule has 0 bridgehead atoms. The molecule has 13 heteroatoms. The van der Waals surface area contributed by atoms with Gasteiger partial charge in [-0.2, -0.15) is 8.42 Å². The van der Waals surface area contributed by atoms with Crippen molar-refractivity contribution in [1.29, 1.82) is 0 Å². The number of carbonyl (C=O) groups is 1. The van der Waals surface area contributed by atoms with Crippen LogP contribution in [-0.4, -0.2) is 71.1 Å². The number of nitrogens with zero attached hydrogens (tertiary/aromatic N) is 1. The average molecular weight is 607 g/mol. The largest absolute Gasteiger partial charge is 0.508 e. The van der Waals surface area contributed by atoms with Crippen molar-refractivity contribution in [2.45, 2.75) is 19.3 Å². The zero-order valence-electron chi connectivity index (χ0n) is 22.1. The Bertz CT molecular complexity index is 1520. The maximum atomic E-state index is 13.6. The molecule has 1 aliphatic heterocycles. The normalized spacial score (nSPS) is 13.3. The Morgan fingerprint density at radius 2 is 1.49 bits per heavy atom. The molecular formula is C28H34N2O9S2. The van der Waals surface area contributed by atoms with Crippen molar-refractivity contribution >= 4 is 37.5 Å². The number of ketones is 1. The highest BCUT2D eigenvalue weighted by molar-refractivity contribution is 7.83. The van der Waals surface area contributed by atoms with E-state index >= 15 is 0 Å². The van der Waals surface area contributed by atoms with Crippen molar-refractivity contribution in [2.75, 3.05) is 26.2 Å². The number of phenols is 2. The van der Waals surface area contributed by atoms with Gasteiger partial charge >= 0.3 is 10.3 Å². The quantitative estimate of drug-likeness (QED) is 0.181. The molecule has 5 rings (SSSR count). The van der Waals surface area contributed by atoms with E-state index < -0.39 is 10.3 Å². The van der Waals surface area contributed by atoms with E-state index in [-0.39, 0.29) is 28.2 Å². The number of hydrogen-bond donors (Lipinski definition) is 4. The molecular weight excluding hydrogens is 572 g/mol. The summed E-state index contributed by atoms with van der Waals surface area (Å²) in [6.45, 7) is 3.85. The van der Waals surface area contributed by atoms with Crippen LogP contribution >= 0.6 is 11.3 Å². The molecule has 222 valence electrons. The third kappa shape index (κ3) is 9.50. The fraction of sp³-hybridized carbons (Fsp3) is 0.250. The summed E-state index contributed by atoms with van der Waals surface area (Å²) in [6.07, 6.45) is 3.85. The molecule has 41 heavy (non-hydrogen) atoms. The van der Waals surface area contributed by atoms with E-state index in [2.05, 4.69) is 10.0 Å². The number of ether oxygens (including phenoxy) is 1. The Morgan fingerprint density at radius 1 is 0.902 bits per heavy atom. The van der Waals surface area contributed by atoms with Gasteiger partial charge in [0, 0.05) is 32.6 Å². The number of hydrogen-bond acceptors (Lipinski definition) is 8. The number of nitrogens with two attached hydrogens (primary N) is 1. The lowest BCUT2D eigenvalue weighted by atomic mass is 9.97. The maximum Gasteiger partial charge on any atom is 0.330 e. The third-order valence-corrected chi connectivity index (χ3v) is 7.47. The Labute approximate surface area is 241 Å². The zero-order chi connectivity index (χ0) is 28.0. The van der Waals surface area contributed by atoms with Gasteiger partial charge in [-0.05, 0) is 98.2 Å². The Hall–Kier alpha value is -3.56. The van der Waals surface area contributed by atoms with Crippen LogP contribution in [-0.2, 0) is 10.3 Å². The SMILES string of the molecule is NS(=O)(=O)O.O.O.O=C(c1ccc(OCCN2CCCCC2)cc1)c1c(-c2ccc(O)cc2)sc2cc(O)ccc12. The molecule has 0 saturated carbocycles. The predicted molar refractivity (Wildman–Crippen MR) is 159 cm³/mol. The van der Waals surface area contributed by atoms with Crippen molar-refractivity contribution in [3.8, 4) is 27.7 Å². The van der Waals surface area contributed by atoms with Gasteiger partial charge in [-0.3, -0.25) is 14.2 Å². The molecule has 1 aliphatic rings. The minimum absolute atomic E-state index is 0. The standard InChI is InChI=1S/C28H27NO4S.H3NO3S.2H2O/c30-21-8-4-20(5-9-21)28-26(24-13-10-22(31)18-25(24)34-28)27(32)19-6-11-23(12-7-19)33-17-16-29-14-2-1-3-15-29;1-5(2,3)4;;/h4-13,18,30-31H,1-3,14-17H2;(H3,1,2,3,4);2*1H2. The summed E-state index contributed by atoms with van der Waals surface area (Å²) in [5.74, 6) is 1.01. The first-order valence-corrected chi connectivity index (χ1v) is 14.7. The second-order valence-electron chi connectivity index (χ2n) is 9.15. The van der Waals surface area contributed by atoms with E-state index in [9.17, 15) is 15.0 Å². The van der Waals surface area contributed by atoms with Crippen molar-refractivity contribution in [2.24, 2.45) is 5.14 Å². The number of likely N-dealkylation sites (tertiary alicyclic amines) is 1. The van der Waals surface area contributed by atoms with E-state index in [0.717, 1.165) is 45.9 Å². The number of phenolic OH excluding ortho intramolecular Hbond substituents is 2. The molecule has 4 aromatic rings. The number of aromatic hydroxyl groups is 2. The van der Waals surface area contributed by atoms with Gasteiger partial charge in [-0.25, -0.2) is 5.14 Å². The lowest BCUT2D eigenvalue weighted by Crippen LogP contribution is -2.33. The Balaban J connectivity index is 0.000000776. The van der Waals surface area contributed by atoms with Crippen molar-refractivity contribution < 1.29 is 43.7 Å². The number of rotatable bonds is 7. The molecule has 2 heterocycles. The van der Waals surface area contributed by atoms with Gasteiger partial charge in [0.2, 0.25) is 0 Å². The fourth-order valence-electron chi connectivity index (χ4n) is 4.45. The van der Waals surface area contributed by atoms with Crippen LogP contribution in [0, 0.1) is 0 Å². The van der Waals surface area contributed by atoms with E-state index in [1.165, 1.54) is 30.6 Å². The van der Waals surface area contributed by atoms with Crippen molar-refractivity contribution in [3.63, 3.8) is 0 Å². The lowest BCUT2D eigenvalue weighted by molar-refractivity contribution is 0.104. The summed E-state index contributed by atoms with van der Waals surface area (Å²) in [6, 6.07) is 19.2. The Morgan fingerprint density at radius 3 is 2.10 bits per heavy atom. The molecule has 0 aliphatic carbocycles. The highest BCUT2D eigenvalue weighted by Crippen LogP contribution is 2.41. The van der Waals surface area contributed by atoms with Gasteiger partial charge in [-0.15, -0.1) is 11.3 Å². The molecule has 1 saturated heterocycles. The number of benzene rings is 3. The summed E-state index contributed by atoms with van der Waals surface area (Å²) in [5.41, 5.74) is 2.03. The van der Waals surface area contributed by atoms with E-state index in [4.69, 9.17) is 17.7 Å². The lowest BCUT2D eigenvalue weighted by Gasteiger charge is -2.26. The summed E-state index contributed by atoms with van der Waals surface area (Å²) in [5, 5.41) is 24.3.